The van der Waals surface area contributed by atoms with Crippen molar-refractivity contribution in [3.8, 4) is 28.7 Å². The van der Waals surface area contributed by atoms with Crippen molar-refractivity contribution in [3.05, 3.63) is 95.1 Å². The number of benzene rings is 4. The largest absolute Gasteiger partial charge is 0.508 e. The predicted octanol–water partition coefficient (Wildman–Crippen LogP) is 7.30. The molecule has 0 aliphatic heterocycles. The van der Waals surface area contributed by atoms with E-state index in [1.807, 2.05) is 64.1 Å². The van der Waals surface area contributed by atoms with Gasteiger partial charge in [0.1, 0.15) is 28.7 Å². The van der Waals surface area contributed by atoms with Gasteiger partial charge in [0.2, 0.25) is 0 Å². The van der Waals surface area contributed by atoms with Crippen molar-refractivity contribution < 1.29 is 20.1 Å². The first-order chi connectivity index (χ1) is 15.7. The quantitative estimate of drug-likeness (QED) is 0.303. The van der Waals surface area contributed by atoms with E-state index in [4.69, 9.17) is 4.74 Å². The average molecular weight is 442 g/mol. The van der Waals surface area contributed by atoms with Gasteiger partial charge in [-0.3, -0.25) is 0 Å². The standard InChI is InChI=1S/C28H27NO4/c1-17-12-24(32)16-28(20(17)4)33-25-7-5-6-21(15-25)29(26-10-8-22(30)13-18(26)2)27-11-9-23(31)14-19(27)3/h5-16,30-32H,1-4H3. The minimum Gasteiger partial charge on any atom is -0.508 e. The molecule has 0 saturated heterocycles. The van der Waals surface area contributed by atoms with Gasteiger partial charge in [-0.15, -0.1) is 0 Å². The first kappa shape index (κ1) is 22.1. The highest BCUT2D eigenvalue weighted by Crippen LogP contribution is 2.41. The Morgan fingerprint density at radius 1 is 0.606 bits per heavy atom. The Labute approximate surface area is 193 Å². The number of ether oxygens (including phenoxy) is 1. The fourth-order valence-electron chi connectivity index (χ4n) is 3.92. The Morgan fingerprint density at radius 2 is 1.18 bits per heavy atom. The van der Waals surface area contributed by atoms with Crippen LogP contribution in [0.2, 0.25) is 0 Å². The Hall–Kier alpha value is -4.12. The lowest BCUT2D eigenvalue weighted by molar-refractivity contribution is 0.452. The number of nitrogens with zero attached hydrogens (tertiary/aromatic N) is 1. The highest BCUT2D eigenvalue weighted by Gasteiger charge is 2.18. The Bertz CT molecular complexity index is 1280. The molecule has 0 amide bonds. The minimum absolute atomic E-state index is 0.158. The summed E-state index contributed by atoms with van der Waals surface area (Å²) in [5.41, 5.74) is 6.33. The molecule has 5 nitrogen and oxygen atoms in total. The first-order valence-corrected chi connectivity index (χ1v) is 10.7. The van der Waals surface area contributed by atoms with E-state index in [0.717, 1.165) is 39.3 Å². The zero-order valence-electron chi connectivity index (χ0n) is 19.1. The summed E-state index contributed by atoms with van der Waals surface area (Å²) in [7, 11) is 0. The van der Waals surface area contributed by atoms with Crippen LogP contribution in [0.15, 0.2) is 72.8 Å². The molecule has 0 fully saturated rings. The van der Waals surface area contributed by atoms with Crippen LogP contribution in [0.1, 0.15) is 22.3 Å². The fraction of sp³-hybridized carbons (Fsp3) is 0.143. The normalized spacial score (nSPS) is 10.8. The van der Waals surface area contributed by atoms with Crippen molar-refractivity contribution in [2.75, 3.05) is 4.90 Å². The number of hydrogen-bond donors (Lipinski definition) is 3. The summed E-state index contributed by atoms with van der Waals surface area (Å²) in [5, 5.41) is 29.9. The van der Waals surface area contributed by atoms with Gasteiger partial charge in [0.15, 0.2) is 0 Å². The number of anilines is 3. The molecule has 4 aromatic carbocycles. The number of aryl methyl sites for hydroxylation is 3. The van der Waals surface area contributed by atoms with Gasteiger partial charge >= 0.3 is 0 Å². The zero-order chi connectivity index (χ0) is 23.7. The van der Waals surface area contributed by atoms with Crippen LogP contribution in [0.3, 0.4) is 0 Å². The van der Waals surface area contributed by atoms with Crippen LogP contribution in [0.25, 0.3) is 0 Å². The maximum absolute atomic E-state index is 10.0. The van der Waals surface area contributed by atoms with Gasteiger partial charge in [-0.25, -0.2) is 0 Å². The molecule has 5 heteroatoms. The minimum atomic E-state index is 0.158. The number of aromatic hydroxyl groups is 3. The molecule has 4 aromatic rings. The molecule has 3 N–H and O–H groups in total. The average Bonchev–Trinajstić information content (AvgIpc) is 2.75. The third-order valence-corrected chi connectivity index (χ3v) is 5.75. The molecule has 33 heavy (non-hydrogen) atoms. The van der Waals surface area contributed by atoms with Gasteiger partial charge in [-0.05, 0) is 105 Å². The van der Waals surface area contributed by atoms with Crippen LogP contribution in [0.4, 0.5) is 17.1 Å². The zero-order valence-corrected chi connectivity index (χ0v) is 19.1. The van der Waals surface area contributed by atoms with Gasteiger partial charge in [0, 0.05) is 29.2 Å². The molecule has 0 radical (unpaired) electrons. The number of hydrogen-bond acceptors (Lipinski definition) is 5. The number of phenolic OH excluding ortho intramolecular Hbond substituents is 3. The molecule has 0 saturated carbocycles. The SMILES string of the molecule is Cc1cc(O)ccc1N(c1cccc(Oc2cc(O)cc(C)c2C)c1)c1ccc(O)cc1C. The summed E-state index contributed by atoms with van der Waals surface area (Å²) in [5.74, 6) is 1.78. The smallest absolute Gasteiger partial charge is 0.134 e. The lowest BCUT2D eigenvalue weighted by atomic mass is 10.1. The van der Waals surface area contributed by atoms with Gasteiger partial charge in [0.25, 0.3) is 0 Å². The molecule has 0 atom stereocenters. The van der Waals surface area contributed by atoms with Crippen molar-refractivity contribution in [2.24, 2.45) is 0 Å². The van der Waals surface area contributed by atoms with E-state index in [9.17, 15) is 15.3 Å². The Kier molecular flexibility index (Phi) is 5.88. The van der Waals surface area contributed by atoms with E-state index in [0.29, 0.717) is 11.5 Å². The maximum Gasteiger partial charge on any atom is 0.134 e. The van der Waals surface area contributed by atoms with Crippen molar-refractivity contribution in [1.29, 1.82) is 0 Å². The van der Waals surface area contributed by atoms with Gasteiger partial charge in [-0.1, -0.05) is 6.07 Å². The lowest BCUT2D eigenvalue weighted by Crippen LogP contribution is -2.12. The molecule has 4 rings (SSSR count). The molecule has 0 spiro atoms. The Balaban J connectivity index is 1.83. The predicted molar refractivity (Wildman–Crippen MR) is 132 cm³/mol. The Morgan fingerprint density at radius 3 is 1.76 bits per heavy atom. The molecule has 0 heterocycles. The maximum atomic E-state index is 10.0. The lowest BCUT2D eigenvalue weighted by Gasteiger charge is -2.29. The molecule has 0 aromatic heterocycles. The summed E-state index contributed by atoms with van der Waals surface area (Å²) in [6.07, 6.45) is 0. The van der Waals surface area contributed by atoms with Crippen molar-refractivity contribution in [1.82, 2.24) is 0 Å². The highest BCUT2D eigenvalue weighted by atomic mass is 16.5. The van der Waals surface area contributed by atoms with Crippen LogP contribution >= 0.6 is 0 Å². The summed E-state index contributed by atoms with van der Waals surface area (Å²) in [6.45, 7) is 7.77. The van der Waals surface area contributed by atoms with Crippen molar-refractivity contribution >= 4 is 17.1 Å². The molecular weight excluding hydrogens is 414 g/mol. The second kappa shape index (κ2) is 8.79. The van der Waals surface area contributed by atoms with E-state index in [1.54, 1.807) is 36.4 Å². The first-order valence-electron chi connectivity index (χ1n) is 10.7. The summed E-state index contributed by atoms with van der Waals surface area (Å²) in [4.78, 5) is 2.07. The molecular formula is C28H27NO4. The third kappa shape index (κ3) is 4.58. The monoisotopic (exact) mass is 441 g/mol. The number of rotatable bonds is 5. The molecule has 168 valence electrons. The van der Waals surface area contributed by atoms with Gasteiger partial charge in [0.05, 0.1) is 0 Å². The van der Waals surface area contributed by atoms with E-state index in [1.165, 1.54) is 0 Å². The summed E-state index contributed by atoms with van der Waals surface area (Å²) < 4.78 is 6.17. The van der Waals surface area contributed by atoms with E-state index in [2.05, 4.69) is 4.90 Å². The second-order valence-electron chi connectivity index (χ2n) is 8.26. The van der Waals surface area contributed by atoms with Gasteiger partial charge in [-0.2, -0.15) is 0 Å². The molecule has 0 aliphatic rings. The number of phenols is 3. The van der Waals surface area contributed by atoms with E-state index in [-0.39, 0.29) is 17.2 Å². The molecule has 0 bridgehead atoms. The third-order valence-electron chi connectivity index (χ3n) is 5.75. The van der Waals surface area contributed by atoms with E-state index >= 15 is 0 Å². The van der Waals surface area contributed by atoms with Gasteiger partial charge < -0.3 is 25.0 Å². The van der Waals surface area contributed by atoms with Crippen LogP contribution in [-0.2, 0) is 0 Å². The fourth-order valence-corrected chi connectivity index (χ4v) is 3.92. The van der Waals surface area contributed by atoms with Crippen molar-refractivity contribution in [3.63, 3.8) is 0 Å². The second-order valence-corrected chi connectivity index (χ2v) is 8.26. The summed E-state index contributed by atoms with van der Waals surface area (Å²) >= 11 is 0. The van der Waals surface area contributed by atoms with E-state index < -0.39 is 0 Å². The molecule has 0 unspecified atom stereocenters. The molecule has 0 aliphatic carbocycles. The summed E-state index contributed by atoms with van der Waals surface area (Å²) in [6, 6.07) is 21.5. The van der Waals surface area contributed by atoms with Crippen LogP contribution in [-0.4, -0.2) is 15.3 Å². The topological polar surface area (TPSA) is 73.2 Å². The van der Waals surface area contributed by atoms with Crippen molar-refractivity contribution in [2.45, 2.75) is 27.7 Å². The van der Waals surface area contributed by atoms with Crippen LogP contribution in [0.5, 0.6) is 28.7 Å². The van der Waals surface area contributed by atoms with Crippen LogP contribution < -0.4 is 9.64 Å². The van der Waals surface area contributed by atoms with Crippen LogP contribution in [0, 0.1) is 27.7 Å². The highest BCUT2D eigenvalue weighted by molar-refractivity contribution is 5.81.